The van der Waals surface area contributed by atoms with Gasteiger partial charge in [-0.3, -0.25) is 4.68 Å². The number of imidazole rings is 1. The number of aromatic nitrogens is 4. The predicted octanol–water partition coefficient (Wildman–Crippen LogP) is 3.02. The molecule has 0 amide bonds. The molecule has 0 radical (unpaired) electrons. The van der Waals surface area contributed by atoms with E-state index in [1.54, 1.807) is 0 Å². The lowest BCUT2D eigenvalue weighted by molar-refractivity contribution is 0.334. The molecule has 120 valence electrons. The predicted molar refractivity (Wildman–Crippen MR) is 87.6 cm³/mol. The number of nitrogens with zero attached hydrogens (tertiary/aromatic N) is 4. The maximum absolute atomic E-state index is 4.65. The van der Waals surface area contributed by atoms with E-state index in [0.717, 1.165) is 25.3 Å². The van der Waals surface area contributed by atoms with Crippen LogP contribution in [-0.2, 0) is 25.0 Å². The first-order valence-electron chi connectivity index (χ1n) is 8.31. The molecule has 5 heteroatoms. The Kier molecular flexibility index (Phi) is 4.08. The van der Waals surface area contributed by atoms with Crippen molar-refractivity contribution in [2.45, 2.75) is 71.6 Å². The van der Waals surface area contributed by atoms with Crippen LogP contribution in [0.15, 0.2) is 18.6 Å². The van der Waals surface area contributed by atoms with Crippen LogP contribution in [0, 0.1) is 0 Å². The van der Waals surface area contributed by atoms with Crippen molar-refractivity contribution >= 4 is 0 Å². The zero-order chi connectivity index (χ0) is 15.7. The SMILES string of the molecule is CCn1ccnc1CNC1CCCc2c1cnn2C(C)(C)C. The van der Waals surface area contributed by atoms with Crippen molar-refractivity contribution in [1.29, 1.82) is 0 Å². The van der Waals surface area contributed by atoms with E-state index in [0.29, 0.717) is 6.04 Å². The number of hydrogen-bond donors (Lipinski definition) is 1. The smallest absolute Gasteiger partial charge is 0.122 e. The average Bonchev–Trinajstić information content (AvgIpc) is 3.10. The van der Waals surface area contributed by atoms with Crippen molar-refractivity contribution in [2.24, 2.45) is 0 Å². The minimum atomic E-state index is 0.0495. The Hall–Kier alpha value is -1.62. The van der Waals surface area contributed by atoms with E-state index in [4.69, 9.17) is 0 Å². The molecular formula is C17H27N5. The summed E-state index contributed by atoms with van der Waals surface area (Å²) >= 11 is 0. The van der Waals surface area contributed by atoms with E-state index in [9.17, 15) is 0 Å². The molecule has 5 nitrogen and oxygen atoms in total. The molecule has 0 aliphatic heterocycles. The molecule has 0 saturated carbocycles. The van der Waals surface area contributed by atoms with Gasteiger partial charge in [0.05, 0.1) is 18.3 Å². The molecule has 0 aromatic carbocycles. The van der Waals surface area contributed by atoms with Crippen molar-refractivity contribution in [2.75, 3.05) is 0 Å². The minimum absolute atomic E-state index is 0.0495. The highest BCUT2D eigenvalue weighted by molar-refractivity contribution is 5.26. The second kappa shape index (κ2) is 5.88. The average molecular weight is 301 g/mol. The van der Waals surface area contributed by atoms with E-state index < -0.39 is 0 Å². The molecule has 0 fully saturated rings. The van der Waals surface area contributed by atoms with Gasteiger partial charge in [-0.2, -0.15) is 5.10 Å². The summed E-state index contributed by atoms with van der Waals surface area (Å²) in [6.07, 6.45) is 9.51. The summed E-state index contributed by atoms with van der Waals surface area (Å²) < 4.78 is 4.39. The first-order chi connectivity index (χ1) is 10.5. The Morgan fingerprint density at radius 2 is 2.18 bits per heavy atom. The molecule has 2 heterocycles. The normalized spacial score (nSPS) is 18.5. The fourth-order valence-corrected chi connectivity index (χ4v) is 3.36. The lowest BCUT2D eigenvalue weighted by atomic mass is 9.92. The van der Waals surface area contributed by atoms with Gasteiger partial charge in [0.25, 0.3) is 0 Å². The Balaban J connectivity index is 1.77. The summed E-state index contributed by atoms with van der Waals surface area (Å²) in [7, 11) is 0. The van der Waals surface area contributed by atoms with Gasteiger partial charge in [0.1, 0.15) is 5.82 Å². The molecule has 0 bridgehead atoms. The maximum atomic E-state index is 4.65. The van der Waals surface area contributed by atoms with Crippen molar-refractivity contribution in [1.82, 2.24) is 24.6 Å². The fraction of sp³-hybridized carbons (Fsp3) is 0.647. The van der Waals surface area contributed by atoms with Crippen LogP contribution >= 0.6 is 0 Å². The van der Waals surface area contributed by atoms with Gasteiger partial charge < -0.3 is 9.88 Å². The number of hydrogen-bond acceptors (Lipinski definition) is 3. The summed E-state index contributed by atoms with van der Waals surface area (Å²) in [5, 5.41) is 8.34. The van der Waals surface area contributed by atoms with Crippen molar-refractivity contribution in [3.05, 3.63) is 35.7 Å². The Morgan fingerprint density at radius 1 is 1.36 bits per heavy atom. The highest BCUT2D eigenvalue weighted by Crippen LogP contribution is 2.32. The van der Waals surface area contributed by atoms with Crippen molar-refractivity contribution in [3.63, 3.8) is 0 Å². The molecule has 1 aliphatic rings. The van der Waals surface area contributed by atoms with Gasteiger partial charge in [0.15, 0.2) is 0 Å². The van der Waals surface area contributed by atoms with Crippen LogP contribution in [0.1, 0.15) is 63.7 Å². The summed E-state index contributed by atoms with van der Waals surface area (Å²) in [6, 6.07) is 0.391. The molecule has 1 atom stereocenters. The Bertz CT molecular complexity index is 632. The highest BCUT2D eigenvalue weighted by atomic mass is 15.3. The summed E-state index contributed by atoms with van der Waals surface area (Å²) in [6.45, 7) is 10.6. The second-order valence-electron chi connectivity index (χ2n) is 7.08. The lowest BCUT2D eigenvalue weighted by Crippen LogP contribution is -2.29. The van der Waals surface area contributed by atoms with Crippen LogP contribution in [0.3, 0.4) is 0 Å². The molecule has 0 saturated heterocycles. The van der Waals surface area contributed by atoms with Crippen molar-refractivity contribution in [3.8, 4) is 0 Å². The summed E-state index contributed by atoms with van der Waals surface area (Å²) in [4.78, 5) is 4.45. The van der Waals surface area contributed by atoms with Gasteiger partial charge in [-0.15, -0.1) is 0 Å². The molecule has 1 N–H and O–H groups in total. The van der Waals surface area contributed by atoms with Crippen LogP contribution in [0.5, 0.6) is 0 Å². The third kappa shape index (κ3) is 2.82. The van der Waals surface area contributed by atoms with Gasteiger partial charge in [0, 0.05) is 36.2 Å². The van der Waals surface area contributed by atoms with Gasteiger partial charge in [0.2, 0.25) is 0 Å². The molecule has 1 unspecified atom stereocenters. The largest absolute Gasteiger partial charge is 0.334 e. The van der Waals surface area contributed by atoms with E-state index >= 15 is 0 Å². The Labute approximate surface area is 132 Å². The molecule has 1 aliphatic carbocycles. The third-order valence-corrected chi connectivity index (χ3v) is 4.47. The zero-order valence-electron chi connectivity index (χ0n) is 14.1. The fourth-order valence-electron chi connectivity index (χ4n) is 3.36. The minimum Gasteiger partial charge on any atom is -0.334 e. The van der Waals surface area contributed by atoms with Gasteiger partial charge in [-0.1, -0.05) is 0 Å². The second-order valence-corrected chi connectivity index (χ2v) is 7.08. The highest BCUT2D eigenvalue weighted by Gasteiger charge is 2.27. The van der Waals surface area contributed by atoms with Crippen LogP contribution in [0.4, 0.5) is 0 Å². The summed E-state index contributed by atoms with van der Waals surface area (Å²) in [5.74, 6) is 1.11. The number of fused-ring (bicyclic) bond motifs is 1. The molecule has 0 spiro atoms. The monoisotopic (exact) mass is 301 g/mol. The zero-order valence-corrected chi connectivity index (χ0v) is 14.1. The quantitative estimate of drug-likeness (QED) is 0.944. The van der Waals surface area contributed by atoms with E-state index in [2.05, 4.69) is 58.5 Å². The molecule has 2 aromatic rings. The topological polar surface area (TPSA) is 47.7 Å². The molecule has 22 heavy (non-hydrogen) atoms. The maximum Gasteiger partial charge on any atom is 0.122 e. The number of nitrogens with one attached hydrogen (secondary N) is 1. The van der Waals surface area contributed by atoms with Crippen LogP contribution in [-0.4, -0.2) is 19.3 Å². The lowest BCUT2D eigenvalue weighted by Gasteiger charge is -2.28. The van der Waals surface area contributed by atoms with Gasteiger partial charge in [-0.25, -0.2) is 4.98 Å². The van der Waals surface area contributed by atoms with E-state index in [-0.39, 0.29) is 5.54 Å². The third-order valence-electron chi connectivity index (χ3n) is 4.47. The van der Waals surface area contributed by atoms with Crippen LogP contribution in [0.2, 0.25) is 0 Å². The van der Waals surface area contributed by atoms with Crippen LogP contribution in [0.25, 0.3) is 0 Å². The van der Waals surface area contributed by atoms with Crippen LogP contribution < -0.4 is 5.32 Å². The molecule has 3 rings (SSSR count). The number of rotatable bonds is 4. The van der Waals surface area contributed by atoms with E-state index in [1.165, 1.54) is 24.1 Å². The first-order valence-corrected chi connectivity index (χ1v) is 8.31. The number of aryl methyl sites for hydroxylation is 1. The Morgan fingerprint density at radius 3 is 2.91 bits per heavy atom. The molecule has 2 aromatic heterocycles. The standard InChI is InChI=1S/C17H27N5/c1-5-21-10-9-18-16(21)12-19-14-7-6-8-15-13(14)11-20-22(15)17(2,3)4/h9-11,14,19H,5-8,12H2,1-4H3. The summed E-state index contributed by atoms with van der Waals surface area (Å²) in [5.41, 5.74) is 2.82. The van der Waals surface area contributed by atoms with Crippen molar-refractivity contribution < 1.29 is 0 Å². The molecular weight excluding hydrogens is 274 g/mol. The van der Waals surface area contributed by atoms with E-state index in [1.807, 2.05) is 12.4 Å². The van der Waals surface area contributed by atoms with Gasteiger partial charge >= 0.3 is 0 Å². The first kappa shape index (κ1) is 15.3. The van der Waals surface area contributed by atoms with Gasteiger partial charge in [-0.05, 0) is 47.0 Å².